The maximum Gasteiger partial charge on any atom is 0.227 e. The summed E-state index contributed by atoms with van der Waals surface area (Å²) in [5, 5.41) is 9.17. The summed E-state index contributed by atoms with van der Waals surface area (Å²) in [5.41, 5.74) is 5.50. The Morgan fingerprint density at radius 3 is 2.64 bits per heavy atom. The van der Waals surface area contributed by atoms with Gasteiger partial charge in [-0.3, -0.25) is 0 Å². The zero-order chi connectivity index (χ0) is 9.97. The summed E-state index contributed by atoms with van der Waals surface area (Å²) in [6, 6.07) is 0. The quantitative estimate of drug-likeness (QED) is 0.690. The Kier molecular flexibility index (Phi) is 2.39. The van der Waals surface area contributed by atoms with Crippen LogP contribution in [0.1, 0.15) is 19.3 Å². The molecule has 0 aromatic carbocycles. The smallest absolute Gasteiger partial charge is 0.227 e. The van der Waals surface area contributed by atoms with E-state index in [9.17, 15) is 5.11 Å². The summed E-state index contributed by atoms with van der Waals surface area (Å²) >= 11 is 0. The Morgan fingerprint density at radius 1 is 1.29 bits per heavy atom. The van der Waals surface area contributed by atoms with Crippen LogP contribution in [0, 0.1) is 0 Å². The maximum absolute atomic E-state index is 9.17. The van der Waals surface area contributed by atoms with Crippen molar-refractivity contribution in [2.24, 2.45) is 0 Å². The molecule has 1 aliphatic rings. The van der Waals surface area contributed by atoms with Gasteiger partial charge in [0.1, 0.15) is 0 Å². The number of aromatic nitrogens is 2. The SMILES string of the molecule is Nc1nc(N2CCCCC2)ncc1O. The Balaban J connectivity index is 2.18. The van der Waals surface area contributed by atoms with Gasteiger partial charge < -0.3 is 15.7 Å². The lowest BCUT2D eigenvalue weighted by molar-refractivity contribution is 0.472. The van der Waals surface area contributed by atoms with E-state index in [-0.39, 0.29) is 11.6 Å². The Morgan fingerprint density at radius 2 is 2.00 bits per heavy atom. The average molecular weight is 194 g/mol. The molecule has 0 amide bonds. The molecule has 0 unspecified atom stereocenters. The van der Waals surface area contributed by atoms with Crippen LogP contribution in [0.25, 0.3) is 0 Å². The first-order chi connectivity index (χ1) is 6.77. The molecular weight excluding hydrogens is 180 g/mol. The third-order valence-electron chi connectivity index (χ3n) is 2.42. The summed E-state index contributed by atoms with van der Waals surface area (Å²) in [5.74, 6) is 0.728. The number of hydrogen-bond acceptors (Lipinski definition) is 5. The van der Waals surface area contributed by atoms with E-state index in [0.717, 1.165) is 13.1 Å². The van der Waals surface area contributed by atoms with Crippen molar-refractivity contribution in [3.63, 3.8) is 0 Å². The van der Waals surface area contributed by atoms with Crippen molar-refractivity contribution in [1.29, 1.82) is 0 Å². The fourth-order valence-electron chi connectivity index (χ4n) is 1.63. The molecule has 1 fully saturated rings. The summed E-state index contributed by atoms with van der Waals surface area (Å²) in [7, 11) is 0. The summed E-state index contributed by atoms with van der Waals surface area (Å²) < 4.78 is 0. The van der Waals surface area contributed by atoms with Gasteiger partial charge >= 0.3 is 0 Å². The standard InChI is InChI=1S/C9H14N4O/c10-8-7(14)6-11-9(12-8)13-4-2-1-3-5-13/h6,14H,1-5H2,(H2,10,11,12). The van der Waals surface area contributed by atoms with Crippen LogP contribution in [-0.2, 0) is 0 Å². The molecule has 0 atom stereocenters. The first-order valence-corrected chi connectivity index (χ1v) is 4.84. The lowest BCUT2D eigenvalue weighted by Crippen LogP contribution is -2.31. The van der Waals surface area contributed by atoms with E-state index in [4.69, 9.17) is 5.73 Å². The summed E-state index contributed by atoms with van der Waals surface area (Å²) in [4.78, 5) is 10.2. The third kappa shape index (κ3) is 1.71. The topological polar surface area (TPSA) is 75.3 Å². The largest absolute Gasteiger partial charge is 0.503 e. The van der Waals surface area contributed by atoms with E-state index in [1.165, 1.54) is 25.5 Å². The molecule has 2 rings (SSSR count). The lowest BCUT2D eigenvalue weighted by Gasteiger charge is -2.26. The number of piperidine rings is 1. The van der Waals surface area contributed by atoms with Gasteiger partial charge in [-0.15, -0.1) is 0 Å². The molecule has 14 heavy (non-hydrogen) atoms. The van der Waals surface area contributed by atoms with Gasteiger partial charge in [0, 0.05) is 13.1 Å². The highest BCUT2D eigenvalue weighted by atomic mass is 16.3. The molecule has 0 saturated carbocycles. The van der Waals surface area contributed by atoms with E-state index in [1.54, 1.807) is 0 Å². The highest BCUT2D eigenvalue weighted by Crippen LogP contribution is 2.20. The van der Waals surface area contributed by atoms with E-state index in [2.05, 4.69) is 14.9 Å². The molecule has 1 aliphatic heterocycles. The minimum absolute atomic E-state index is 0.0502. The second-order valence-corrected chi connectivity index (χ2v) is 3.49. The molecular formula is C9H14N4O. The van der Waals surface area contributed by atoms with Crippen LogP contribution in [0.5, 0.6) is 5.75 Å². The van der Waals surface area contributed by atoms with Gasteiger partial charge in [-0.2, -0.15) is 4.98 Å². The normalized spacial score (nSPS) is 17.0. The van der Waals surface area contributed by atoms with Crippen LogP contribution in [0.3, 0.4) is 0 Å². The van der Waals surface area contributed by atoms with Crippen molar-refractivity contribution < 1.29 is 5.11 Å². The molecule has 3 N–H and O–H groups in total. The van der Waals surface area contributed by atoms with Crippen LogP contribution < -0.4 is 10.6 Å². The van der Waals surface area contributed by atoms with E-state index in [0.29, 0.717) is 5.95 Å². The van der Waals surface area contributed by atoms with Crippen molar-refractivity contribution >= 4 is 11.8 Å². The van der Waals surface area contributed by atoms with Gasteiger partial charge in [0.2, 0.25) is 5.95 Å². The number of rotatable bonds is 1. The third-order valence-corrected chi connectivity index (χ3v) is 2.42. The van der Waals surface area contributed by atoms with Gasteiger partial charge in [0.05, 0.1) is 6.20 Å². The van der Waals surface area contributed by atoms with Gasteiger partial charge in [-0.1, -0.05) is 0 Å². The Labute approximate surface area is 82.6 Å². The molecule has 1 aromatic rings. The van der Waals surface area contributed by atoms with E-state index >= 15 is 0 Å². The van der Waals surface area contributed by atoms with E-state index in [1.807, 2.05) is 0 Å². The second-order valence-electron chi connectivity index (χ2n) is 3.49. The predicted octanol–water partition coefficient (Wildman–Crippen LogP) is 0.755. The highest BCUT2D eigenvalue weighted by Gasteiger charge is 2.14. The van der Waals surface area contributed by atoms with Gasteiger partial charge in [-0.05, 0) is 19.3 Å². The number of nitrogens with zero attached hydrogens (tertiary/aromatic N) is 3. The number of aromatic hydroxyl groups is 1. The molecule has 0 aliphatic carbocycles. The molecule has 2 heterocycles. The van der Waals surface area contributed by atoms with Crippen LogP contribution in [-0.4, -0.2) is 28.2 Å². The van der Waals surface area contributed by atoms with Crippen LogP contribution in [0.4, 0.5) is 11.8 Å². The molecule has 5 nitrogen and oxygen atoms in total. The highest BCUT2D eigenvalue weighted by molar-refractivity contribution is 5.47. The molecule has 5 heteroatoms. The molecule has 0 spiro atoms. The van der Waals surface area contributed by atoms with Crippen LogP contribution in [0.15, 0.2) is 6.20 Å². The summed E-state index contributed by atoms with van der Waals surface area (Å²) in [6.07, 6.45) is 4.96. The van der Waals surface area contributed by atoms with Crippen molar-refractivity contribution in [2.75, 3.05) is 23.7 Å². The van der Waals surface area contributed by atoms with Crippen molar-refractivity contribution in [3.8, 4) is 5.75 Å². The molecule has 1 saturated heterocycles. The molecule has 0 bridgehead atoms. The zero-order valence-electron chi connectivity index (χ0n) is 7.98. The fourth-order valence-corrected chi connectivity index (χ4v) is 1.63. The first kappa shape index (κ1) is 9.05. The fraction of sp³-hybridized carbons (Fsp3) is 0.556. The second kappa shape index (κ2) is 3.69. The number of nitrogens with two attached hydrogens (primary N) is 1. The van der Waals surface area contributed by atoms with Crippen molar-refractivity contribution in [2.45, 2.75) is 19.3 Å². The maximum atomic E-state index is 9.17. The number of hydrogen-bond donors (Lipinski definition) is 2. The molecule has 1 aromatic heterocycles. The van der Waals surface area contributed by atoms with Gasteiger partial charge in [0.25, 0.3) is 0 Å². The minimum atomic E-state index is -0.0502. The zero-order valence-corrected chi connectivity index (χ0v) is 7.98. The van der Waals surface area contributed by atoms with E-state index < -0.39 is 0 Å². The van der Waals surface area contributed by atoms with Crippen molar-refractivity contribution in [1.82, 2.24) is 9.97 Å². The number of anilines is 2. The van der Waals surface area contributed by atoms with Gasteiger partial charge in [-0.25, -0.2) is 4.98 Å². The number of nitrogen functional groups attached to an aromatic ring is 1. The monoisotopic (exact) mass is 194 g/mol. The first-order valence-electron chi connectivity index (χ1n) is 4.84. The average Bonchev–Trinajstić information content (AvgIpc) is 2.23. The lowest BCUT2D eigenvalue weighted by atomic mass is 10.1. The molecule has 76 valence electrons. The predicted molar refractivity (Wildman–Crippen MR) is 54.2 cm³/mol. The van der Waals surface area contributed by atoms with Crippen LogP contribution in [0.2, 0.25) is 0 Å². The Hall–Kier alpha value is -1.52. The van der Waals surface area contributed by atoms with Gasteiger partial charge in [0.15, 0.2) is 11.6 Å². The summed E-state index contributed by atoms with van der Waals surface area (Å²) in [6.45, 7) is 1.95. The van der Waals surface area contributed by atoms with Crippen molar-refractivity contribution in [3.05, 3.63) is 6.20 Å². The van der Waals surface area contributed by atoms with Crippen LogP contribution >= 0.6 is 0 Å². The minimum Gasteiger partial charge on any atom is -0.503 e. The molecule has 0 radical (unpaired) electrons. The Bertz CT molecular complexity index is 323.